The molecule has 1 saturated heterocycles. The summed E-state index contributed by atoms with van der Waals surface area (Å²) >= 11 is 0. The second-order valence-electron chi connectivity index (χ2n) is 6.24. The molecule has 0 aromatic carbocycles. The van der Waals surface area contributed by atoms with Crippen molar-refractivity contribution >= 4 is 5.91 Å². The first kappa shape index (κ1) is 13.8. The fraction of sp³-hybridized carbons (Fsp3) is 0.929. The normalized spacial score (nSPS) is 23.9. The molecule has 4 heteroatoms. The molecule has 0 spiro atoms. The van der Waals surface area contributed by atoms with Gasteiger partial charge in [0.1, 0.15) is 0 Å². The van der Waals surface area contributed by atoms with Crippen molar-refractivity contribution < 1.29 is 4.79 Å². The predicted octanol–water partition coefficient (Wildman–Crippen LogP) is 0.786. The second kappa shape index (κ2) is 5.57. The van der Waals surface area contributed by atoms with Crippen LogP contribution in [0, 0.1) is 11.3 Å². The highest BCUT2D eigenvalue weighted by Gasteiger charge is 2.50. The third-order valence-electron chi connectivity index (χ3n) is 4.54. The van der Waals surface area contributed by atoms with Crippen molar-refractivity contribution in [1.29, 1.82) is 0 Å². The summed E-state index contributed by atoms with van der Waals surface area (Å²) in [6.07, 6.45) is 4.58. The monoisotopic (exact) mass is 253 g/mol. The molecule has 2 rings (SSSR count). The molecule has 1 aliphatic heterocycles. The number of carbonyl (C=O) groups excluding carboxylic acids is 1. The molecule has 0 atom stereocenters. The van der Waals surface area contributed by atoms with E-state index in [1.165, 1.54) is 25.9 Å². The molecule has 0 radical (unpaired) electrons. The fourth-order valence-corrected chi connectivity index (χ4v) is 3.08. The van der Waals surface area contributed by atoms with Gasteiger partial charge in [0.15, 0.2) is 0 Å². The van der Waals surface area contributed by atoms with E-state index in [1.807, 2.05) is 19.0 Å². The molecular weight excluding hydrogens is 226 g/mol. The molecule has 1 saturated carbocycles. The first-order valence-electron chi connectivity index (χ1n) is 7.16. The summed E-state index contributed by atoms with van der Waals surface area (Å²) in [5.41, 5.74) is -0.0606. The number of nitrogens with zero attached hydrogens (tertiary/aromatic N) is 2. The molecule has 2 aliphatic rings. The topological polar surface area (TPSA) is 35.6 Å². The van der Waals surface area contributed by atoms with Gasteiger partial charge in [0, 0.05) is 20.1 Å². The Morgan fingerprint density at radius 3 is 2.50 bits per heavy atom. The van der Waals surface area contributed by atoms with Gasteiger partial charge in [-0.3, -0.25) is 4.79 Å². The minimum atomic E-state index is -0.0606. The minimum absolute atomic E-state index is 0.0606. The largest absolute Gasteiger partial charge is 0.345 e. The van der Waals surface area contributed by atoms with E-state index in [0.29, 0.717) is 11.8 Å². The quantitative estimate of drug-likeness (QED) is 0.787. The predicted molar refractivity (Wildman–Crippen MR) is 73.5 cm³/mol. The zero-order valence-corrected chi connectivity index (χ0v) is 12.0. The van der Waals surface area contributed by atoms with Gasteiger partial charge in [-0.2, -0.15) is 0 Å². The van der Waals surface area contributed by atoms with Gasteiger partial charge in [0.2, 0.25) is 5.91 Å². The van der Waals surface area contributed by atoms with Crippen molar-refractivity contribution in [2.45, 2.75) is 25.7 Å². The highest BCUT2D eigenvalue weighted by atomic mass is 16.2. The van der Waals surface area contributed by atoms with Crippen LogP contribution in [0.3, 0.4) is 0 Å². The SMILES string of the molecule is CNCC1(C(=O)N(C)CC2CCN(C)CC2)CC1. The zero-order chi connectivity index (χ0) is 13.2. The molecule has 0 aromatic rings. The maximum absolute atomic E-state index is 12.4. The second-order valence-corrected chi connectivity index (χ2v) is 6.24. The molecule has 1 heterocycles. The first-order valence-corrected chi connectivity index (χ1v) is 7.16. The fourth-order valence-electron chi connectivity index (χ4n) is 3.08. The van der Waals surface area contributed by atoms with Gasteiger partial charge in [-0.05, 0) is 58.8 Å². The van der Waals surface area contributed by atoms with E-state index < -0.39 is 0 Å². The average molecular weight is 253 g/mol. The molecule has 104 valence electrons. The lowest BCUT2D eigenvalue weighted by Gasteiger charge is -2.33. The summed E-state index contributed by atoms with van der Waals surface area (Å²) in [5.74, 6) is 1.05. The molecule has 1 N–H and O–H groups in total. The van der Waals surface area contributed by atoms with Crippen molar-refractivity contribution in [2.75, 3.05) is 47.3 Å². The molecule has 18 heavy (non-hydrogen) atoms. The van der Waals surface area contributed by atoms with Gasteiger partial charge >= 0.3 is 0 Å². The van der Waals surface area contributed by atoms with Gasteiger partial charge in [-0.1, -0.05) is 0 Å². The lowest BCUT2D eigenvalue weighted by molar-refractivity contribution is -0.136. The number of nitrogens with one attached hydrogen (secondary N) is 1. The van der Waals surface area contributed by atoms with E-state index in [9.17, 15) is 4.79 Å². The van der Waals surface area contributed by atoms with Gasteiger partial charge in [-0.15, -0.1) is 0 Å². The lowest BCUT2D eigenvalue weighted by atomic mass is 9.96. The Bertz CT molecular complexity index is 293. The van der Waals surface area contributed by atoms with Crippen LogP contribution in [0.2, 0.25) is 0 Å². The van der Waals surface area contributed by atoms with Gasteiger partial charge in [0.05, 0.1) is 5.41 Å². The third kappa shape index (κ3) is 3.04. The van der Waals surface area contributed by atoms with E-state index >= 15 is 0 Å². The summed E-state index contributed by atoms with van der Waals surface area (Å²) < 4.78 is 0. The Hall–Kier alpha value is -0.610. The number of piperidine rings is 1. The molecule has 4 nitrogen and oxygen atoms in total. The maximum atomic E-state index is 12.4. The standard InChI is InChI=1S/C14H27N3O/c1-15-11-14(6-7-14)13(18)17(3)10-12-4-8-16(2)9-5-12/h12,15H,4-11H2,1-3H3. The van der Waals surface area contributed by atoms with E-state index in [1.54, 1.807) is 0 Å². The van der Waals surface area contributed by atoms with E-state index in [2.05, 4.69) is 17.3 Å². The zero-order valence-electron chi connectivity index (χ0n) is 12.0. The van der Waals surface area contributed by atoms with Crippen LogP contribution >= 0.6 is 0 Å². The molecule has 0 bridgehead atoms. The summed E-state index contributed by atoms with van der Waals surface area (Å²) in [6.45, 7) is 4.13. The Balaban J connectivity index is 1.81. The van der Waals surface area contributed by atoms with Crippen LogP contribution in [0.4, 0.5) is 0 Å². The molecule has 0 unspecified atom stereocenters. The summed E-state index contributed by atoms with van der Waals surface area (Å²) in [5, 5.41) is 3.16. The van der Waals surface area contributed by atoms with Crippen LogP contribution in [-0.4, -0.2) is 63.0 Å². The first-order chi connectivity index (χ1) is 8.57. The molecule has 0 aromatic heterocycles. The lowest BCUT2D eigenvalue weighted by Crippen LogP contribution is -2.43. The average Bonchev–Trinajstić information content (AvgIpc) is 3.12. The highest BCUT2D eigenvalue weighted by Crippen LogP contribution is 2.46. The Morgan fingerprint density at radius 2 is 2.00 bits per heavy atom. The number of rotatable bonds is 5. The Morgan fingerprint density at radius 1 is 1.39 bits per heavy atom. The molecule has 1 amide bonds. The van der Waals surface area contributed by atoms with E-state index in [4.69, 9.17) is 0 Å². The summed E-state index contributed by atoms with van der Waals surface area (Å²) in [6, 6.07) is 0. The number of hydrogen-bond acceptors (Lipinski definition) is 3. The number of likely N-dealkylation sites (tertiary alicyclic amines) is 1. The molecule has 2 fully saturated rings. The number of hydrogen-bond donors (Lipinski definition) is 1. The smallest absolute Gasteiger partial charge is 0.229 e. The Kier molecular flexibility index (Phi) is 4.28. The third-order valence-corrected chi connectivity index (χ3v) is 4.54. The summed E-state index contributed by atoms with van der Waals surface area (Å²) in [4.78, 5) is 16.8. The van der Waals surface area contributed by atoms with Crippen LogP contribution in [0.5, 0.6) is 0 Å². The van der Waals surface area contributed by atoms with E-state index in [0.717, 1.165) is 25.9 Å². The van der Waals surface area contributed by atoms with Crippen LogP contribution < -0.4 is 5.32 Å². The van der Waals surface area contributed by atoms with Crippen molar-refractivity contribution in [3.05, 3.63) is 0 Å². The van der Waals surface area contributed by atoms with Crippen LogP contribution in [-0.2, 0) is 4.79 Å². The van der Waals surface area contributed by atoms with E-state index in [-0.39, 0.29) is 5.41 Å². The Labute approximate surface area is 111 Å². The number of amides is 1. The molecule has 1 aliphatic carbocycles. The van der Waals surface area contributed by atoms with Crippen molar-refractivity contribution in [3.8, 4) is 0 Å². The van der Waals surface area contributed by atoms with Crippen LogP contribution in [0.1, 0.15) is 25.7 Å². The minimum Gasteiger partial charge on any atom is -0.345 e. The molecular formula is C14H27N3O. The van der Waals surface area contributed by atoms with Gasteiger partial charge in [0.25, 0.3) is 0 Å². The maximum Gasteiger partial charge on any atom is 0.229 e. The summed E-state index contributed by atoms with van der Waals surface area (Å²) in [7, 11) is 6.10. The van der Waals surface area contributed by atoms with Crippen LogP contribution in [0.15, 0.2) is 0 Å². The van der Waals surface area contributed by atoms with Crippen LogP contribution in [0.25, 0.3) is 0 Å². The highest BCUT2D eigenvalue weighted by molar-refractivity contribution is 5.85. The number of carbonyl (C=O) groups is 1. The van der Waals surface area contributed by atoms with Crippen molar-refractivity contribution in [3.63, 3.8) is 0 Å². The van der Waals surface area contributed by atoms with Gasteiger partial charge < -0.3 is 15.1 Å². The van der Waals surface area contributed by atoms with Gasteiger partial charge in [-0.25, -0.2) is 0 Å². The van der Waals surface area contributed by atoms with Crippen molar-refractivity contribution in [1.82, 2.24) is 15.1 Å². The van der Waals surface area contributed by atoms with Crippen molar-refractivity contribution in [2.24, 2.45) is 11.3 Å².